The maximum Gasteiger partial charge on any atom is 0.0847 e. The van der Waals surface area contributed by atoms with Crippen LogP contribution in [0.15, 0.2) is 0 Å². The third kappa shape index (κ3) is 3.98. The first-order valence-corrected chi connectivity index (χ1v) is 6.22. The van der Waals surface area contributed by atoms with E-state index in [2.05, 4.69) is 5.10 Å². The first kappa shape index (κ1) is 14.5. The van der Waals surface area contributed by atoms with Crippen molar-refractivity contribution in [1.82, 2.24) is 9.78 Å². The minimum atomic E-state index is -0.403. The lowest BCUT2D eigenvalue weighted by atomic mass is 10.1. The molecule has 0 aliphatic heterocycles. The van der Waals surface area contributed by atoms with Gasteiger partial charge in [0.1, 0.15) is 0 Å². The third-order valence-corrected chi connectivity index (χ3v) is 3.49. The molecular weight excluding hydrogens is 240 g/mol. The zero-order valence-electron chi connectivity index (χ0n) is 10.9. The second-order valence-electron chi connectivity index (χ2n) is 4.45. The van der Waals surface area contributed by atoms with E-state index >= 15 is 0 Å². The fourth-order valence-electron chi connectivity index (χ4n) is 1.77. The third-order valence-electron chi connectivity index (χ3n) is 3.00. The van der Waals surface area contributed by atoms with Gasteiger partial charge in [-0.25, -0.2) is 0 Å². The Labute approximate surface area is 108 Å². The number of ether oxygens (including phenoxy) is 1. The quantitative estimate of drug-likeness (QED) is 0.852. The summed E-state index contributed by atoms with van der Waals surface area (Å²) in [7, 11) is 3.52. The maximum atomic E-state index is 9.95. The van der Waals surface area contributed by atoms with Crippen LogP contribution in [0.1, 0.15) is 31.2 Å². The number of halogens is 1. The predicted molar refractivity (Wildman–Crippen MR) is 68.4 cm³/mol. The van der Waals surface area contributed by atoms with E-state index in [4.69, 9.17) is 16.3 Å². The summed E-state index contributed by atoms with van der Waals surface area (Å²) in [5, 5.41) is 14.8. The van der Waals surface area contributed by atoms with Crippen molar-refractivity contribution in [2.45, 2.75) is 45.3 Å². The summed E-state index contributed by atoms with van der Waals surface area (Å²) >= 11 is 6.13. The van der Waals surface area contributed by atoms with Crippen molar-refractivity contribution in [3.8, 4) is 0 Å². The van der Waals surface area contributed by atoms with Gasteiger partial charge in [-0.05, 0) is 26.7 Å². The van der Waals surface area contributed by atoms with E-state index in [0.29, 0.717) is 17.9 Å². The summed E-state index contributed by atoms with van der Waals surface area (Å²) in [4.78, 5) is 0. The van der Waals surface area contributed by atoms with Crippen molar-refractivity contribution in [2.24, 2.45) is 7.05 Å². The highest BCUT2D eigenvalue weighted by Crippen LogP contribution is 2.21. The van der Waals surface area contributed by atoms with Crippen LogP contribution in [-0.2, 0) is 18.2 Å². The molecule has 0 aliphatic rings. The highest BCUT2D eigenvalue weighted by atomic mass is 35.5. The van der Waals surface area contributed by atoms with E-state index in [9.17, 15) is 5.11 Å². The smallest absolute Gasteiger partial charge is 0.0847 e. The van der Waals surface area contributed by atoms with Crippen molar-refractivity contribution in [2.75, 3.05) is 7.11 Å². The van der Waals surface area contributed by atoms with E-state index in [1.54, 1.807) is 11.8 Å². The fourth-order valence-corrected chi connectivity index (χ4v) is 2.01. The number of hydrogen-bond donors (Lipinski definition) is 1. The van der Waals surface area contributed by atoms with Gasteiger partial charge in [-0.1, -0.05) is 11.6 Å². The normalized spacial score (nSPS) is 14.9. The second-order valence-corrected chi connectivity index (χ2v) is 4.83. The number of rotatable bonds is 6. The van der Waals surface area contributed by atoms with Crippen LogP contribution in [-0.4, -0.2) is 34.2 Å². The van der Waals surface area contributed by atoms with E-state index in [1.807, 2.05) is 20.9 Å². The van der Waals surface area contributed by atoms with Crippen LogP contribution >= 0.6 is 11.6 Å². The number of aliphatic hydroxyl groups is 1. The molecule has 0 radical (unpaired) electrons. The number of methoxy groups -OCH3 is 1. The van der Waals surface area contributed by atoms with Crippen LogP contribution < -0.4 is 0 Å². The molecule has 0 bridgehead atoms. The molecule has 17 heavy (non-hydrogen) atoms. The van der Waals surface area contributed by atoms with Gasteiger partial charge in [0, 0.05) is 20.6 Å². The summed E-state index contributed by atoms with van der Waals surface area (Å²) in [6.07, 6.45) is 1.85. The monoisotopic (exact) mass is 260 g/mol. The Morgan fingerprint density at radius 1 is 1.47 bits per heavy atom. The molecule has 0 amide bonds. The van der Waals surface area contributed by atoms with E-state index in [-0.39, 0.29) is 6.10 Å². The minimum absolute atomic E-state index is 0.174. The molecule has 1 heterocycles. The van der Waals surface area contributed by atoms with Gasteiger partial charge < -0.3 is 9.84 Å². The maximum absolute atomic E-state index is 9.95. The topological polar surface area (TPSA) is 47.3 Å². The van der Waals surface area contributed by atoms with Gasteiger partial charge in [-0.2, -0.15) is 5.10 Å². The molecule has 5 heteroatoms. The first-order chi connectivity index (χ1) is 7.95. The minimum Gasteiger partial charge on any atom is -0.393 e. The number of nitrogens with zero attached hydrogens (tertiary/aromatic N) is 2. The van der Waals surface area contributed by atoms with Gasteiger partial charge in [0.25, 0.3) is 0 Å². The molecule has 1 aromatic rings. The molecule has 1 N–H and O–H groups in total. The van der Waals surface area contributed by atoms with Crippen molar-refractivity contribution in [3.63, 3.8) is 0 Å². The molecule has 0 saturated carbocycles. The first-order valence-electron chi connectivity index (χ1n) is 5.84. The number of hydrogen-bond acceptors (Lipinski definition) is 3. The van der Waals surface area contributed by atoms with Gasteiger partial charge in [0.05, 0.1) is 28.6 Å². The van der Waals surface area contributed by atoms with Gasteiger partial charge >= 0.3 is 0 Å². The van der Waals surface area contributed by atoms with Gasteiger partial charge in [0.2, 0.25) is 0 Å². The Kier molecular flexibility index (Phi) is 5.43. The average molecular weight is 261 g/mol. The Balaban J connectivity index is 2.53. The number of aliphatic hydroxyl groups excluding tert-OH is 1. The SMILES string of the molecule is COC(C)CCC(O)Cc1c(Cl)c(C)nn1C. The van der Waals surface area contributed by atoms with Crippen molar-refractivity contribution in [1.29, 1.82) is 0 Å². The molecule has 4 nitrogen and oxygen atoms in total. The standard InChI is InChI=1S/C12H21ClN2O2/c1-8(17-4)5-6-10(16)7-11-12(13)9(2)14-15(11)3/h8,10,16H,5-7H2,1-4H3. The lowest BCUT2D eigenvalue weighted by Gasteiger charge is -2.14. The molecule has 0 fully saturated rings. The second kappa shape index (κ2) is 6.38. The van der Waals surface area contributed by atoms with Crippen LogP contribution in [0, 0.1) is 6.92 Å². The van der Waals surface area contributed by atoms with E-state index in [1.165, 1.54) is 0 Å². The Hall–Kier alpha value is -0.580. The van der Waals surface area contributed by atoms with Crippen LogP contribution in [0.25, 0.3) is 0 Å². The zero-order valence-corrected chi connectivity index (χ0v) is 11.7. The summed E-state index contributed by atoms with van der Waals surface area (Å²) < 4.78 is 6.88. The zero-order chi connectivity index (χ0) is 13.0. The highest BCUT2D eigenvalue weighted by molar-refractivity contribution is 6.31. The van der Waals surface area contributed by atoms with Crippen LogP contribution in [0.3, 0.4) is 0 Å². The van der Waals surface area contributed by atoms with Gasteiger partial charge in [0.15, 0.2) is 0 Å². The molecule has 0 aliphatic carbocycles. The summed E-state index contributed by atoms with van der Waals surface area (Å²) in [6, 6.07) is 0. The van der Waals surface area contributed by atoms with Crippen LogP contribution in [0.4, 0.5) is 0 Å². The molecular formula is C12H21ClN2O2. The molecule has 0 spiro atoms. The Morgan fingerprint density at radius 2 is 2.12 bits per heavy atom. The summed E-state index contributed by atoms with van der Waals surface area (Å²) in [5.74, 6) is 0. The molecule has 98 valence electrons. The van der Waals surface area contributed by atoms with Crippen LogP contribution in [0.5, 0.6) is 0 Å². The van der Waals surface area contributed by atoms with Gasteiger partial charge in [-0.3, -0.25) is 4.68 Å². The summed E-state index contributed by atoms with van der Waals surface area (Å²) in [5.41, 5.74) is 1.70. The van der Waals surface area contributed by atoms with Crippen molar-refractivity contribution in [3.05, 3.63) is 16.4 Å². The molecule has 0 saturated heterocycles. The summed E-state index contributed by atoms with van der Waals surface area (Å²) in [6.45, 7) is 3.86. The van der Waals surface area contributed by atoms with Crippen LogP contribution in [0.2, 0.25) is 5.02 Å². The Bertz CT molecular complexity index is 366. The van der Waals surface area contributed by atoms with Crippen molar-refractivity contribution < 1.29 is 9.84 Å². The predicted octanol–water partition coefficient (Wildman–Crippen LogP) is 2.10. The molecule has 1 aromatic heterocycles. The molecule has 2 atom stereocenters. The lowest BCUT2D eigenvalue weighted by Crippen LogP contribution is -2.16. The lowest BCUT2D eigenvalue weighted by molar-refractivity contribution is 0.0846. The Morgan fingerprint density at radius 3 is 2.59 bits per heavy atom. The van der Waals surface area contributed by atoms with Crippen molar-refractivity contribution >= 4 is 11.6 Å². The fraction of sp³-hybridized carbons (Fsp3) is 0.750. The molecule has 0 aromatic carbocycles. The number of aryl methyl sites for hydroxylation is 2. The average Bonchev–Trinajstić information content (AvgIpc) is 2.53. The molecule has 2 unspecified atom stereocenters. The van der Waals surface area contributed by atoms with E-state index in [0.717, 1.165) is 17.8 Å². The number of aromatic nitrogens is 2. The largest absolute Gasteiger partial charge is 0.393 e. The van der Waals surface area contributed by atoms with Gasteiger partial charge in [-0.15, -0.1) is 0 Å². The molecule has 1 rings (SSSR count). The highest BCUT2D eigenvalue weighted by Gasteiger charge is 2.15. The van der Waals surface area contributed by atoms with E-state index < -0.39 is 6.10 Å².